The molecule has 1 heterocycles. The number of hydrogen-bond donors (Lipinski definition) is 1. The second-order valence-electron chi connectivity index (χ2n) is 6.82. The molecule has 1 aromatic heterocycles. The van der Waals surface area contributed by atoms with E-state index in [0.717, 1.165) is 11.9 Å². The number of hydrogen-bond acceptors (Lipinski definition) is 3. The van der Waals surface area contributed by atoms with Gasteiger partial charge in [0.1, 0.15) is 12.4 Å². The first-order valence-electron chi connectivity index (χ1n) is 9.38. The van der Waals surface area contributed by atoms with Crippen LogP contribution in [-0.2, 0) is 22.7 Å². The highest BCUT2D eigenvalue weighted by Crippen LogP contribution is 2.13. The molecule has 152 valence electrons. The quantitative estimate of drug-likeness (QED) is 0.664. The van der Waals surface area contributed by atoms with Gasteiger partial charge >= 0.3 is 5.69 Å². The van der Waals surface area contributed by atoms with E-state index in [4.69, 9.17) is 0 Å². The summed E-state index contributed by atoms with van der Waals surface area (Å²) in [5.74, 6) is -1.29. The molecule has 7 nitrogen and oxygen atoms in total. The van der Waals surface area contributed by atoms with Crippen LogP contribution in [0.5, 0.6) is 0 Å². The number of fused-ring (bicyclic) bond motifs is 1. The van der Waals surface area contributed by atoms with Gasteiger partial charge in [0.25, 0.3) is 0 Å². The molecule has 0 fully saturated rings. The maximum Gasteiger partial charge on any atom is 0.329 e. The van der Waals surface area contributed by atoms with Crippen molar-refractivity contribution in [2.24, 2.45) is 0 Å². The Morgan fingerprint density at radius 2 is 1.76 bits per heavy atom. The van der Waals surface area contributed by atoms with E-state index in [0.29, 0.717) is 17.7 Å². The number of carbonyl (C=O) groups is 2. The van der Waals surface area contributed by atoms with Crippen LogP contribution in [0.1, 0.15) is 13.3 Å². The lowest BCUT2D eigenvalue weighted by Gasteiger charge is -2.17. The van der Waals surface area contributed by atoms with E-state index in [2.05, 4.69) is 5.32 Å². The van der Waals surface area contributed by atoms with Crippen LogP contribution in [0, 0.1) is 5.82 Å². The molecule has 0 radical (unpaired) electrons. The predicted molar refractivity (Wildman–Crippen MR) is 109 cm³/mol. The number of aromatic nitrogens is 2. The van der Waals surface area contributed by atoms with Crippen LogP contribution < -0.4 is 11.0 Å². The van der Waals surface area contributed by atoms with E-state index in [1.54, 1.807) is 16.7 Å². The molecule has 0 atom stereocenters. The van der Waals surface area contributed by atoms with Crippen molar-refractivity contribution >= 4 is 28.5 Å². The molecule has 0 aliphatic carbocycles. The molecule has 8 heteroatoms. The van der Waals surface area contributed by atoms with E-state index in [1.807, 2.05) is 25.1 Å². The Morgan fingerprint density at radius 1 is 1.07 bits per heavy atom. The number of amides is 2. The topological polar surface area (TPSA) is 76.3 Å². The molecule has 2 amide bonds. The van der Waals surface area contributed by atoms with Crippen LogP contribution >= 0.6 is 0 Å². The first kappa shape index (κ1) is 20.3. The third kappa shape index (κ3) is 4.53. The average molecular weight is 398 g/mol. The van der Waals surface area contributed by atoms with Crippen LogP contribution in [0.3, 0.4) is 0 Å². The van der Waals surface area contributed by atoms with Gasteiger partial charge in [-0.25, -0.2) is 9.18 Å². The fraction of sp³-hybridized carbons (Fsp3) is 0.286. The summed E-state index contributed by atoms with van der Waals surface area (Å²) < 4.78 is 16.3. The minimum Gasteiger partial charge on any atom is -0.335 e. The molecule has 0 unspecified atom stereocenters. The van der Waals surface area contributed by atoms with Crippen molar-refractivity contribution in [1.82, 2.24) is 14.0 Å². The zero-order chi connectivity index (χ0) is 21.0. The van der Waals surface area contributed by atoms with Crippen molar-refractivity contribution < 1.29 is 14.0 Å². The molecule has 0 aliphatic rings. The number of para-hydroxylation sites is 2. The molecular weight excluding hydrogens is 375 g/mol. The van der Waals surface area contributed by atoms with E-state index in [-0.39, 0.29) is 24.7 Å². The largest absolute Gasteiger partial charge is 0.335 e. The molecule has 0 aliphatic heterocycles. The lowest BCUT2D eigenvalue weighted by atomic mass is 10.3. The Labute approximate surface area is 167 Å². The summed E-state index contributed by atoms with van der Waals surface area (Å²) in [4.78, 5) is 38.8. The second-order valence-corrected chi connectivity index (χ2v) is 6.82. The SMILES string of the molecule is CCCn1c(=O)n(CC(=O)N(C)CC(=O)Nc2cccc(F)c2)c2ccccc21. The van der Waals surface area contributed by atoms with Gasteiger partial charge in [0.15, 0.2) is 0 Å². The summed E-state index contributed by atoms with van der Waals surface area (Å²) in [6.45, 7) is 2.17. The summed E-state index contributed by atoms with van der Waals surface area (Å²) in [5, 5.41) is 2.55. The molecular formula is C21H23FN4O3. The van der Waals surface area contributed by atoms with Crippen LogP contribution in [0.15, 0.2) is 53.3 Å². The Morgan fingerprint density at radius 3 is 2.41 bits per heavy atom. The van der Waals surface area contributed by atoms with Crippen molar-refractivity contribution in [2.75, 3.05) is 18.9 Å². The highest BCUT2D eigenvalue weighted by Gasteiger charge is 2.18. The fourth-order valence-electron chi connectivity index (χ4n) is 3.19. The summed E-state index contributed by atoms with van der Waals surface area (Å²) in [6.07, 6.45) is 0.794. The molecule has 2 aromatic carbocycles. The Kier molecular flexibility index (Phi) is 6.11. The van der Waals surface area contributed by atoms with Crippen molar-refractivity contribution in [3.63, 3.8) is 0 Å². The monoisotopic (exact) mass is 398 g/mol. The number of nitrogens with one attached hydrogen (secondary N) is 1. The Hall–Kier alpha value is -3.42. The number of halogens is 1. The summed E-state index contributed by atoms with van der Waals surface area (Å²) in [5.41, 5.74) is 1.52. The van der Waals surface area contributed by atoms with Gasteiger partial charge in [-0.15, -0.1) is 0 Å². The van der Waals surface area contributed by atoms with Gasteiger partial charge in [0.2, 0.25) is 11.8 Å². The first-order chi connectivity index (χ1) is 13.9. The van der Waals surface area contributed by atoms with Gasteiger partial charge in [-0.3, -0.25) is 18.7 Å². The number of benzene rings is 2. The molecule has 0 bridgehead atoms. The van der Waals surface area contributed by atoms with Gasteiger partial charge in [-0.2, -0.15) is 0 Å². The van der Waals surface area contributed by atoms with Crippen LogP contribution in [0.4, 0.5) is 10.1 Å². The van der Waals surface area contributed by atoms with E-state index in [1.165, 1.54) is 34.7 Å². The molecule has 3 rings (SSSR count). The Balaban J connectivity index is 1.72. The number of aryl methyl sites for hydroxylation is 1. The van der Waals surface area contributed by atoms with Crippen LogP contribution in [0.25, 0.3) is 11.0 Å². The lowest BCUT2D eigenvalue weighted by molar-refractivity contribution is -0.133. The lowest BCUT2D eigenvalue weighted by Crippen LogP contribution is -2.38. The Bertz CT molecular complexity index is 1100. The zero-order valence-corrected chi connectivity index (χ0v) is 16.4. The molecule has 29 heavy (non-hydrogen) atoms. The maximum absolute atomic E-state index is 13.2. The number of imidazole rings is 1. The highest BCUT2D eigenvalue weighted by atomic mass is 19.1. The highest BCUT2D eigenvalue weighted by molar-refractivity contribution is 5.94. The van der Waals surface area contributed by atoms with Crippen LogP contribution in [0.2, 0.25) is 0 Å². The van der Waals surface area contributed by atoms with Gasteiger partial charge in [-0.05, 0) is 36.8 Å². The number of likely N-dealkylation sites (N-methyl/N-ethyl adjacent to an activating group) is 1. The normalized spacial score (nSPS) is 10.9. The van der Waals surface area contributed by atoms with E-state index < -0.39 is 11.7 Å². The van der Waals surface area contributed by atoms with Gasteiger partial charge in [0.05, 0.1) is 17.6 Å². The zero-order valence-electron chi connectivity index (χ0n) is 16.4. The molecule has 3 aromatic rings. The number of anilines is 1. The van der Waals surface area contributed by atoms with Crippen LogP contribution in [-0.4, -0.2) is 39.4 Å². The van der Waals surface area contributed by atoms with E-state index in [9.17, 15) is 18.8 Å². The molecule has 0 saturated heterocycles. The minimum absolute atomic E-state index is 0.167. The van der Waals surface area contributed by atoms with Crippen molar-refractivity contribution in [3.8, 4) is 0 Å². The predicted octanol–water partition coefficient (Wildman–Crippen LogP) is 2.45. The molecule has 0 saturated carbocycles. The third-order valence-corrected chi connectivity index (χ3v) is 4.58. The minimum atomic E-state index is -0.463. The summed E-state index contributed by atoms with van der Waals surface area (Å²) >= 11 is 0. The molecule has 0 spiro atoms. The number of carbonyl (C=O) groups excluding carboxylic acids is 2. The van der Waals surface area contributed by atoms with Gasteiger partial charge in [-0.1, -0.05) is 25.1 Å². The fourth-order valence-corrected chi connectivity index (χ4v) is 3.19. The summed E-state index contributed by atoms with van der Waals surface area (Å²) in [7, 11) is 1.49. The van der Waals surface area contributed by atoms with E-state index >= 15 is 0 Å². The summed E-state index contributed by atoms with van der Waals surface area (Å²) in [6, 6.07) is 12.8. The average Bonchev–Trinajstić information content (AvgIpc) is 2.94. The van der Waals surface area contributed by atoms with Gasteiger partial charge < -0.3 is 10.2 Å². The first-order valence-corrected chi connectivity index (χ1v) is 9.38. The smallest absolute Gasteiger partial charge is 0.329 e. The third-order valence-electron chi connectivity index (χ3n) is 4.58. The van der Waals surface area contributed by atoms with Gasteiger partial charge in [0, 0.05) is 19.3 Å². The van der Waals surface area contributed by atoms with Crippen molar-refractivity contribution in [3.05, 3.63) is 64.8 Å². The number of rotatable bonds is 7. The van der Waals surface area contributed by atoms with Crippen molar-refractivity contribution in [2.45, 2.75) is 26.4 Å². The standard InChI is InChI=1S/C21H23FN4O3/c1-3-11-25-17-9-4-5-10-18(17)26(21(25)29)14-20(28)24(2)13-19(27)23-16-8-6-7-15(22)12-16/h4-10,12H,3,11,13-14H2,1-2H3,(H,23,27). The molecule has 1 N–H and O–H groups in total. The van der Waals surface area contributed by atoms with Crippen molar-refractivity contribution in [1.29, 1.82) is 0 Å². The number of nitrogens with zero attached hydrogens (tertiary/aromatic N) is 3. The maximum atomic E-state index is 13.2. The second kappa shape index (κ2) is 8.72.